The molecule has 0 unspecified atom stereocenters. The Bertz CT molecular complexity index is 1030. The average molecular weight is 430 g/mol. The summed E-state index contributed by atoms with van der Waals surface area (Å²) in [4.78, 5) is 33.2. The first-order chi connectivity index (χ1) is 14.0. The van der Waals surface area contributed by atoms with E-state index in [0.29, 0.717) is 48.1 Å². The van der Waals surface area contributed by atoms with Gasteiger partial charge in [0.15, 0.2) is 5.82 Å². The van der Waals surface area contributed by atoms with Gasteiger partial charge in [-0.25, -0.2) is 9.67 Å². The highest BCUT2D eigenvalue weighted by molar-refractivity contribution is 6.43. The molecule has 0 spiro atoms. The summed E-state index contributed by atoms with van der Waals surface area (Å²) in [6.07, 6.45) is 4.99. The third kappa shape index (κ3) is 3.97. The molecule has 7 nitrogen and oxygen atoms in total. The van der Waals surface area contributed by atoms with E-state index in [-0.39, 0.29) is 16.8 Å². The number of nitrogens with zero attached hydrogens (tertiary/aromatic N) is 5. The molecule has 0 atom stereocenters. The zero-order valence-electron chi connectivity index (χ0n) is 15.3. The van der Waals surface area contributed by atoms with Crippen molar-refractivity contribution in [3.05, 3.63) is 76.2 Å². The van der Waals surface area contributed by atoms with Gasteiger partial charge in [0, 0.05) is 44.8 Å². The molecule has 3 aromatic rings. The number of piperazine rings is 1. The van der Waals surface area contributed by atoms with Crippen LogP contribution in [0.2, 0.25) is 10.0 Å². The lowest BCUT2D eigenvalue weighted by atomic mass is 10.1. The van der Waals surface area contributed by atoms with Crippen LogP contribution in [0.1, 0.15) is 20.7 Å². The second-order valence-electron chi connectivity index (χ2n) is 6.54. The van der Waals surface area contributed by atoms with Crippen molar-refractivity contribution >= 4 is 35.0 Å². The smallest absolute Gasteiger partial charge is 0.255 e. The van der Waals surface area contributed by atoms with E-state index in [0.717, 1.165) is 0 Å². The Morgan fingerprint density at radius 1 is 0.897 bits per heavy atom. The second-order valence-corrected chi connectivity index (χ2v) is 7.33. The van der Waals surface area contributed by atoms with Crippen LogP contribution in [-0.4, -0.2) is 62.6 Å². The minimum absolute atomic E-state index is 0.114. The van der Waals surface area contributed by atoms with E-state index in [4.69, 9.17) is 23.2 Å². The fraction of sp³-hybridized carbons (Fsp3) is 0.200. The largest absolute Gasteiger partial charge is 0.335 e. The lowest BCUT2D eigenvalue weighted by Crippen LogP contribution is -2.50. The summed E-state index contributed by atoms with van der Waals surface area (Å²) in [5.74, 6) is 0.340. The van der Waals surface area contributed by atoms with Gasteiger partial charge < -0.3 is 9.80 Å². The molecular weight excluding hydrogens is 413 g/mol. The molecule has 148 valence electrons. The number of carbonyl (C=O) groups is 2. The van der Waals surface area contributed by atoms with E-state index in [1.54, 1.807) is 69.5 Å². The van der Waals surface area contributed by atoms with Gasteiger partial charge in [0.05, 0.1) is 21.2 Å². The van der Waals surface area contributed by atoms with Crippen LogP contribution in [0.4, 0.5) is 0 Å². The van der Waals surface area contributed by atoms with Crippen LogP contribution < -0.4 is 0 Å². The van der Waals surface area contributed by atoms with Crippen LogP contribution in [0.5, 0.6) is 0 Å². The summed E-state index contributed by atoms with van der Waals surface area (Å²) in [7, 11) is 0. The molecule has 1 saturated heterocycles. The first-order valence-corrected chi connectivity index (χ1v) is 9.79. The van der Waals surface area contributed by atoms with Gasteiger partial charge in [0.2, 0.25) is 0 Å². The predicted molar refractivity (Wildman–Crippen MR) is 110 cm³/mol. The molecule has 1 fully saturated rings. The zero-order valence-corrected chi connectivity index (χ0v) is 16.8. The van der Waals surface area contributed by atoms with Crippen molar-refractivity contribution in [1.29, 1.82) is 0 Å². The van der Waals surface area contributed by atoms with Gasteiger partial charge in [-0.2, -0.15) is 5.10 Å². The molecule has 2 amide bonds. The molecule has 1 aromatic carbocycles. The van der Waals surface area contributed by atoms with Crippen molar-refractivity contribution in [1.82, 2.24) is 24.6 Å². The average Bonchev–Trinajstić information content (AvgIpc) is 3.30. The standard InChI is InChI=1S/C20H17Cl2N5O2/c21-16-4-1-3-15(18(16)22)20(29)26-11-9-25(10-12-26)19(28)14-5-6-17(23-13-14)27-8-2-7-24-27/h1-8,13H,9-12H2. The van der Waals surface area contributed by atoms with E-state index < -0.39 is 0 Å². The minimum Gasteiger partial charge on any atom is -0.335 e. The molecule has 3 heterocycles. The second kappa shape index (κ2) is 8.23. The Hall–Kier alpha value is -2.90. The van der Waals surface area contributed by atoms with Crippen molar-refractivity contribution in [2.24, 2.45) is 0 Å². The molecule has 1 aliphatic rings. The van der Waals surface area contributed by atoms with Crippen LogP contribution in [0, 0.1) is 0 Å². The predicted octanol–water partition coefficient (Wildman–Crippen LogP) is 3.17. The number of hydrogen-bond acceptors (Lipinski definition) is 4. The van der Waals surface area contributed by atoms with E-state index in [1.165, 1.54) is 0 Å². The number of pyridine rings is 1. The van der Waals surface area contributed by atoms with Crippen molar-refractivity contribution < 1.29 is 9.59 Å². The maximum Gasteiger partial charge on any atom is 0.255 e. The monoisotopic (exact) mass is 429 g/mol. The third-order valence-electron chi connectivity index (χ3n) is 4.77. The molecule has 4 rings (SSSR count). The number of aromatic nitrogens is 3. The van der Waals surface area contributed by atoms with Crippen molar-refractivity contribution in [2.75, 3.05) is 26.2 Å². The van der Waals surface area contributed by atoms with Gasteiger partial charge in [-0.3, -0.25) is 9.59 Å². The van der Waals surface area contributed by atoms with Crippen LogP contribution in [-0.2, 0) is 0 Å². The molecule has 0 radical (unpaired) electrons. The van der Waals surface area contributed by atoms with Gasteiger partial charge in [-0.05, 0) is 30.3 Å². The van der Waals surface area contributed by atoms with Gasteiger partial charge in [-0.15, -0.1) is 0 Å². The molecule has 29 heavy (non-hydrogen) atoms. The molecule has 2 aromatic heterocycles. The molecule has 0 saturated carbocycles. The van der Waals surface area contributed by atoms with E-state index in [2.05, 4.69) is 10.1 Å². The molecular formula is C20H17Cl2N5O2. The lowest BCUT2D eigenvalue weighted by Gasteiger charge is -2.35. The number of carbonyl (C=O) groups excluding carboxylic acids is 2. The maximum absolute atomic E-state index is 12.8. The lowest BCUT2D eigenvalue weighted by molar-refractivity contribution is 0.0535. The van der Waals surface area contributed by atoms with Crippen molar-refractivity contribution in [3.8, 4) is 5.82 Å². The van der Waals surface area contributed by atoms with Crippen LogP contribution in [0.3, 0.4) is 0 Å². The number of halogens is 2. The highest BCUT2D eigenvalue weighted by Crippen LogP contribution is 2.27. The summed E-state index contributed by atoms with van der Waals surface area (Å²) in [5, 5.41) is 4.71. The highest BCUT2D eigenvalue weighted by atomic mass is 35.5. The first kappa shape index (κ1) is 19.4. The zero-order chi connectivity index (χ0) is 20.4. The number of rotatable bonds is 3. The highest BCUT2D eigenvalue weighted by Gasteiger charge is 2.27. The Kier molecular flexibility index (Phi) is 5.51. The number of amides is 2. The SMILES string of the molecule is O=C(c1ccc(-n2cccn2)nc1)N1CCN(C(=O)c2cccc(Cl)c2Cl)CC1. The normalized spacial score (nSPS) is 14.1. The Labute approximate surface area is 177 Å². The molecule has 0 bridgehead atoms. The van der Waals surface area contributed by atoms with Crippen molar-refractivity contribution in [3.63, 3.8) is 0 Å². The minimum atomic E-state index is -0.185. The van der Waals surface area contributed by atoms with Gasteiger partial charge in [0.25, 0.3) is 11.8 Å². The summed E-state index contributed by atoms with van der Waals surface area (Å²) in [6.45, 7) is 1.71. The Morgan fingerprint density at radius 3 is 2.24 bits per heavy atom. The molecule has 0 aliphatic carbocycles. The van der Waals surface area contributed by atoms with E-state index >= 15 is 0 Å². The molecule has 9 heteroatoms. The Balaban J connectivity index is 1.39. The fourth-order valence-electron chi connectivity index (χ4n) is 3.19. The van der Waals surface area contributed by atoms with Crippen LogP contribution >= 0.6 is 23.2 Å². The van der Waals surface area contributed by atoms with E-state index in [9.17, 15) is 9.59 Å². The van der Waals surface area contributed by atoms with Gasteiger partial charge >= 0.3 is 0 Å². The topological polar surface area (TPSA) is 71.3 Å². The maximum atomic E-state index is 12.8. The summed E-state index contributed by atoms with van der Waals surface area (Å²) in [5.41, 5.74) is 0.871. The summed E-state index contributed by atoms with van der Waals surface area (Å²) < 4.78 is 1.62. The van der Waals surface area contributed by atoms with Crippen LogP contribution in [0.15, 0.2) is 55.0 Å². The quantitative estimate of drug-likeness (QED) is 0.640. The Morgan fingerprint density at radius 2 is 1.62 bits per heavy atom. The number of hydrogen-bond donors (Lipinski definition) is 0. The van der Waals surface area contributed by atoms with E-state index in [1.807, 2.05) is 0 Å². The number of benzene rings is 1. The third-order valence-corrected chi connectivity index (χ3v) is 5.59. The molecule has 1 aliphatic heterocycles. The van der Waals surface area contributed by atoms with Gasteiger partial charge in [-0.1, -0.05) is 29.3 Å². The van der Waals surface area contributed by atoms with Crippen LogP contribution in [0.25, 0.3) is 5.82 Å². The molecule has 0 N–H and O–H groups in total. The summed E-state index contributed by atoms with van der Waals surface area (Å²) >= 11 is 12.2. The summed E-state index contributed by atoms with van der Waals surface area (Å²) in [6, 6.07) is 10.3. The van der Waals surface area contributed by atoms with Crippen molar-refractivity contribution in [2.45, 2.75) is 0 Å². The van der Waals surface area contributed by atoms with Gasteiger partial charge in [0.1, 0.15) is 0 Å². The first-order valence-electron chi connectivity index (χ1n) is 9.03. The fourth-order valence-corrected chi connectivity index (χ4v) is 3.57.